The molecule has 1 aromatic heterocycles. The van der Waals surface area contributed by atoms with Crippen LogP contribution in [0.3, 0.4) is 0 Å². The van der Waals surface area contributed by atoms with Crippen molar-refractivity contribution in [1.82, 2.24) is 15.4 Å². The van der Waals surface area contributed by atoms with Crippen molar-refractivity contribution in [2.24, 2.45) is 0 Å². The molecule has 0 spiro atoms. The summed E-state index contributed by atoms with van der Waals surface area (Å²) in [6, 6.07) is 14.6. The Labute approximate surface area is 181 Å². The van der Waals surface area contributed by atoms with Crippen molar-refractivity contribution in [3.05, 3.63) is 59.8 Å². The number of carboxylic acid groups (broad SMARTS) is 1. The Kier molecular flexibility index (Phi) is 5.83. The summed E-state index contributed by atoms with van der Waals surface area (Å²) in [5.41, 5.74) is 2.51. The number of halogens is 2. The molecule has 1 fully saturated rings. The second-order valence-corrected chi connectivity index (χ2v) is 6.50. The first kappa shape index (κ1) is 20.4. The molecule has 1 heterocycles. The zero-order valence-corrected chi connectivity index (χ0v) is 14.0. The number of ether oxygens (including phenoxy) is 1. The van der Waals surface area contributed by atoms with Gasteiger partial charge in [0.15, 0.2) is 0 Å². The molecule has 9 heteroatoms. The van der Waals surface area contributed by atoms with Crippen molar-refractivity contribution in [2.75, 3.05) is 0 Å². The van der Waals surface area contributed by atoms with Gasteiger partial charge >= 0.3 is 35.5 Å². The van der Waals surface area contributed by atoms with Crippen LogP contribution in [0.25, 0.3) is 11.1 Å². The molecular weight excluding hydrogens is 379 g/mol. The average molecular weight is 395 g/mol. The maximum absolute atomic E-state index is 13.0. The summed E-state index contributed by atoms with van der Waals surface area (Å²) < 4.78 is 31.5. The number of carboxylic acids is 1. The van der Waals surface area contributed by atoms with Gasteiger partial charge in [0.1, 0.15) is 5.75 Å². The Hall–Kier alpha value is -2.29. The number of nitrogens with zero attached hydrogens (tertiary/aromatic N) is 2. The van der Waals surface area contributed by atoms with E-state index >= 15 is 0 Å². The van der Waals surface area contributed by atoms with E-state index in [-0.39, 0.29) is 59.9 Å². The maximum atomic E-state index is 13.0. The molecule has 1 aliphatic carbocycles. The summed E-state index contributed by atoms with van der Waals surface area (Å²) >= 11 is 0. The Morgan fingerprint density at radius 2 is 1.64 bits per heavy atom. The number of aromatic carboxylic acids is 1. The summed E-state index contributed by atoms with van der Waals surface area (Å²) in [5, 5.41) is 18.3. The number of nitrogens with one attached hydrogen (secondary N) is 1. The summed E-state index contributed by atoms with van der Waals surface area (Å²) in [5.74, 6) is -3.45. The van der Waals surface area contributed by atoms with Crippen molar-refractivity contribution < 1.29 is 23.4 Å². The number of carbonyl (C=O) groups is 1. The van der Waals surface area contributed by atoms with Gasteiger partial charge in [0.25, 0.3) is 5.88 Å². The Morgan fingerprint density at radius 3 is 2.18 bits per heavy atom. The number of hydrogen-bond acceptors (Lipinski definition) is 4. The van der Waals surface area contributed by atoms with E-state index in [0.29, 0.717) is 5.75 Å². The predicted octanol–water partition coefficient (Wildman–Crippen LogP) is 3.83. The van der Waals surface area contributed by atoms with Gasteiger partial charge in [0, 0.05) is 12.8 Å². The van der Waals surface area contributed by atoms with Gasteiger partial charge in [-0.3, -0.25) is 0 Å². The minimum atomic E-state index is -2.52. The van der Waals surface area contributed by atoms with Crippen LogP contribution in [0.5, 0.6) is 11.6 Å². The molecule has 1 aliphatic rings. The normalized spacial score (nSPS) is 15.4. The van der Waals surface area contributed by atoms with Crippen LogP contribution in [-0.2, 0) is 0 Å². The first-order valence-electron chi connectivity index (χ1n) is 8.32. The third-order valence-electron chi connectivity index (χ3n) is 4.60. The number of alkyl halides is 2. The number of aromatic amines is 1. The third kappa shape index (κ3) is 4.24. The van der Waals surface area contributed by atoms with Crippen LogP contribution in [0.1, 0.15) is 34.8 Å². The number of aromatic nitrogens is 3. The first-order chi connectivity index (χ1) is 12.9. The Balaban J connectivity index is 0.00000225. The van der Waals surface area contributed by atoms with Crippen molar-refractivity contribution in [3.63, 3.8) is 0 Å². The molecule has 28 heavy (non-hydrogen) atoms. The second kappa shape index (κ2) is 7.98. The van der Waals surface area contributed by atoms with E-state index in [9.17, 15) is 13.6 Å². The van der Waals surface area contributed by atoms with Crippen LogP contribution in [0.2, 0.25) is 0 Å². The standard InChI is InChI=1S/C19H15F2N3O3.Na.H/c20-19(21)9-14(10-19)13-3-1-11(2-4-13)12-5-7-15(8-6-12)27-17-16(18(25)26)22-24-23-17;;/h1-8,14H,9-10H2,(H,25,26)(H,22,23,24);;. The molecule has 4 rings (SSSR count). The number of H-pyrrole nitrogens is 1. The SMILES string of the molecule is O=C(O)c1nn[nH]c1Oc1ccc(-c2ccc(C3CC(F)(F)C3)cc2)cc1.[NaH]. The first-order valence-corrected chi connectivity index (χ1v) is 8.32. The van der Waals surface area contributed by atoms with Gasteiger partial charge in [0.05, 0.1) is 0 Å². The monoisotopic (exact) mass is 395 g/mol. The average Bonchev–Trinajstić information content (AvgIpc) is 3.09. The summed E-state index contributed by atoms with van der Waals surface area (Å²) in [4.78, 5) is 11.0. The molecule has 0 amide bonds. The molecule has 0 unspecified atom stereocenters. The van der Waals surface area contributed by atoms with Crippen LogP contribution >= 0.6 is 0 Å². The van der Waals surface area contributed by atoms with Crippen LogP contribution in [0.15, 0.2) is 48.5 Å². The van der Waals surface area contributed by atoms with Gasteiger partial charge in [-0.15, -0.1) is 5.10 Å². The minimum absolute atomic E-state index is 0. The van der Waals surface area contributed by atoms with Crippen LogP contribution in [-0.4, -0.2) is 62.0 Å². The quantitative estimate of drug-likeness (QED) is 0.641. The molecule has 0 aliphatic heterocycles. The van der Waals surface area contributed by atoms with Crippen molar-refractivity contribution in [1.29, 1.82) is 0 Å². The molecule has 6 nitrogen and oxygen atoms in total. The predicted molar refractivity (Wildman–Crippen MR) is 99.4 cm³/mol. The fourth-order valence-electron chi connectivity index (χ4n) is 3.11. The van der Waals surface area contributed by atoms with Gasteiger partial charge in [-0.2, -0.15) is 0 Å². The zero-order chi connectivity index (χ0) is 19.0. The van der Waals surface area contributed by atoms with E-state index in [1.54, 1.807) is 12.1 Å². The van der Waals surface area contributed by atoms with Gasteiger partial charge < -0.3 is 9.84 Å². The summed E-state index contributed by atoms with van der Waals surface area (Å²) in [7, 11) is 0. The molecular formula is C19H16F2N3NaO3. The second-order valence-electron chi connectivity index (χ2n) is 6.50. The van der Waals surface area contributed by atoms with Crippen LogP contribution in [0.4, 0.5) is 8.78 Å². The summed E-state index contributed by atoms with van der Waals surface area (Å²) in [6.45, 7) is 0. The van der Waals surface area contributed by atoms with Gasteiger partial charge in [0.2, 0.25) is 11.6 Å². The van der Waals surface area contributed by atoms with Crippen molar-refractivity contribution in [2.45, 2.75) is 24.7 Å². The number of benzene rings is 2. The van der Waals surface area contributed by atoms with E-state index < -0.39 is 11.9 Å². The Morgan fingerprint density at radius 1 is 1.07 bits per heavy atom. The summed E-state index contributed by atoms with van der Waals surface area (Å²) in [6.07, 6.45) is -0.168. The van der Waals surface area contributed by atoms with Crippen molar-refractivity contribution in [3.8, 4) is 22.8 Å². The third-order valence-corrected chi connectivity index (χ3v) is 4.60. The van der Waals surface area contributed by atoms with E-state index in [2.05, 4.69) is 15.4 Å². The molecule has 0 bridgehead atoms. The molecule has 140 valence electrons. The molecule has 0 saturated heterocycles. The zero-order valence-electron chi connectivity index (χ0n) is 14.0. The molecule has 0 atom stereocenters. The van der Waals surface area contributed by atoms with E-state index in [0.717, 1.165) is 16.7 Å². The fourth-order valence-corrected chi connectivity index (χ4v) is 3.11. The van der Waals surface area contributed by atoms with Gasteiger partial charge in [-0.05, 0) is 34.7 Å². The van der Waals surface area contributed by atoms with E-state index in [1.165, 1.54) is 0 Å². The van der Waals surface area contributed by atoms with E-state index in [4.69, 9.17) is 9.84 Å². The molecule has 3 aromatic rings. The molecule has 0 radical (unpaired) electrons. The van der Waals surface area contributed by atoms with Crippen LogP contribution < -0.4 is 4.74 Å². The van der Waals surface area contributed by atoms with Gasteiger partial charge in [-0.1, -0.05) is 41.6 Å². The van der Waals surface area contributed by atoms with Crippen LogP contribution in [0, 0.1) is 0 Å². The number of hydrogen-bond donors (Lipinski definition) is 2. The van der Waals surface area contributed by atoms with Crippen molar-refractivity contribution >= 4 is 35.5 Å². The van der Waals surface area contributed by atoms with Gasteiger partial charge in [-0.25, -0.2) is 18.7 Å². The van der Waals surface area contributed by atoms with E-state index in [1.807, 2.05) is 36.4 Å². The topological polar surface area (TPSA) is 88.1 Å². The molecule has 2 N–H and O–H groups in total. The molecule has 1 saturated carbocycles. The fraction of sp³-hybridized carbons (Fsp3) is 0.211. The molecule has 2 aromatic carbocycles. The Bertz CT molecular complexity index is 967. The number of rotatable bonds is 5.